The summed E-state index contributed by atoms with van der Waals surface area (Å²) in [5.41, 5.74) is 1.64. The van der Waals surface area contributed by atoms with Crippen LogP contribution in [-0.4, -0.2) is 14.5 Å². The first-order chi connectivity index (χ1) is 10.1. The van der Waals surface area contributed by atoms with Crippen molar-refractivity contribution in [2.24, 2.45) is 7.05 Å². The van der Waals surface area contributed by atoms with Crippen LogP contribution < -0.4 is 5.56 Å². The summed E-state index contributed by atoms with van der Waals surface area (Å²) in [6.45, 7) is 0. The van der Waals surface area contributed by atoms with Crippen LogP contribution in [0.1, 0.15) is 11.4 Å². The minimum Gasteiger partial charge on any atom is -0.296 e. The SMILES string of the molecule is Cn1c(C=Cc2cccnc2)nc2ccc(I)cc2c1=O. The predicted molar refractivity (Wildman–Crippen MR) is 92.9 cm³/mol. The normalized spacial score (nSPS) is 11.3. The molecule has 104 valence electrons. The molecule has 0 radical (unpaired) electrons. The Morgan fingerprint density at radius 3 is 2.86 bits per heavy atom. The molecule has 0 saturated carbocycles. The van der Waals surface area contributed by atoms with Gasteiger partial charge < -0.3 is 0 Å². The highest BCUT2D eigenvalue weighted by atomic mass is 127. The number of hydrogen-bond acceptors (Lipinski definition) is 3. The molecule has 0 spiro atoms. The molecule has 0 aliphatic rings. The lowest BCUT2D eigenvalue weighted by Gasteiger charge is -2.06. The number of nitrogens with zero attached hydrogens (tertiary/aromatic N) is 3. The van der Waals surface area contributed by atoms with Crippen molar-refractivity contribution in [3.63, 3.8) is 0 Å². The molecule has 0 saturated heterocycles. The summed E-state index contributed by atoms with van der Waals surface area (Å²) >= 11 is 2.19. The standard InChI is InChI=1S/C16H12IN3O/c1-20-15(7-4-11-3-2-8-18-10-11)19-14-6-5-12(17)9-13(14)16(20)21/h2-10H,1H3. The molecule has 0 atom stereocenters. The molecule has 0 fully saturated rings. The first kappa shape index (κ1) is 13.9. The van der Waals surface area contributed by atoms with E-state index in [0.717, 1.165) is 9.13 Å². The highest BCUT2D eigenvalue weighted by Gasteiger charge is 2.06. The maximum Gasteiger partial charge on any atom is 0.261 e. The third kappa shape index (κ3) is 2.87. The third-order valence-corrected chi connectivity index (χ3v) is 3.85. The maximum absolute atomic E-state index is 12.4. The maximum atomic E-state index is 12.4. The van der Waals surface area contributed by atoms with Gasteiger partial charge in [0.15, 0.2) is 0 Å². The number of rotatable bonds is 2. The van der Waals surface area contributed by atoms with Crippen LogP contribution in [0.5, 0.6) is 0 Å². The molecule has 0 amide bonds. The van der Waals surface area contributed by atoms with Gasteiger partial charge in [0, 0.05) is 23.0 Å². The van der Waals surface area contributed by atoms with E-state index >= 15 is 0 Å². The largest absolute Gasteiger partial charge is 0.296 e. The summed E-state index contributed by atoms with van der Waals surface area (Å²) in [6, 6.07) is 9.50. The molecule has 2 heterocycles. The molecule has 0 aliphatic carbocycles. The Bertz CT molecular complexity index is 885. The highest BCUT2D eigenvalue weighted by Crippen LogP contribution is 2.14. The summed E-state index contributed by atoms with van der Waals surface area (Å²) in [7, 11) is 1.73. The molecule has 4 nitrogen and oxygen atoms in total. The number of fused-ring (bicyclic) bond motifs is 1. The van der Waals surface area contributed by atoms with Gasteiger partial charge >= 0.3 is 0 Å². The van der Waals surface area contributed by atoms with Crippen LogP contribution in [0.4, 0.5) is 0 Å². The zero-order chi connectivity index (χ0) is 14.8. The second-order valence-corrected chi connectivity index (χ2v) is 5.86. The van der Waals surface area contributed by atoms with Crippen LogP contribution in [0, 0.1) is 3.57 Å². The Balaban J connectivity index is 2.12. The molecule has 3 aromatic rings. The molecule has 5 heteroatoms. The van der Waals surface area contributed by atoms with Crippen molar-refractivity contribution in [1.29, 1.82) is 0 Å². The van der Waals surface area contributed by atoms with Gasteiger partial charge in [-0.25, -0.2) is 4.98 Å². The Morgan fingerprint density at radius 1 is 1.24 bits per heavy atom. The second kappa shape index (κ2) is 5.77. The smallest absolute Gasteiger partial charge is 0.261 e. The predicted octanol–water partition coefficient (Wildman–Crippen LogP) is 3.10. The van der Waals surface area contributed by atoms with Crippen LogP contribution in [0.2, 0.25) is 0 Å². The number of aromatic nitrogens is 3. The zero-order valence-electron chi connectivity index (χ0n) is 11.3. The topological polar surface area (TPSA) is 47.8 Å². The minimum atomic E-state index is -0.0376. The van der Waals surface area contributed by atoms with Crippen LogP contribution in [-0.2, 0) is 7.05 Å². The molecule has 0 N–H and O–H groups in total. The van der Waals surface area contributed by atoms with Gasteiger partial charge in [-0.2, -0.15) is 0 Å². The lowest BCUT2D eigenvalue weighted by molar-refractivity contribution is 0.828. The first-order valence-electron chi connectivity index (χ1n) is 6.39. The van der Waals surface area contributed by atoms with Gasteiger partial charge in [0.1, 0.15) is 5.82 Å². The molecular weight excluding hydrogens is 377 g/mol. The van der Waals surface area contributed by atoms with E-state index in [-0.39, 0.29) is 5.56 Å². The van der Waals surface area contributed by atoms with E-state index in [0.29, 0.717) is 16.7 Å². The van der Waals surface area contributed by atoms with E-state index in [1.54, 1.807) is 24.0 Å². The fourth-order valence-electron chi connectivity index (χ4n) is 2.05. The Morgan fingerprint density at radius 2 is 2.10 bits per heavy atom. The van der Waals surface area contributed by atoms with E-state index in [9.17, 15) is 4.79 Å². The van der Waals surface area contributed by atoms with Crippen molar-refractivity contribution in [3.05, 3.63) is 68.0 Å². The molecule has 2 aromatic heterocycles. The monoisotopic (exact) mass is 389 g/mol. The number of pyridine rings is 1. The number of halogens is 1. The second-order valence-electron chi connectivity index (χ2n) is 4.62. The fourth-order valence-corrected chi connectivity index (χ4v) is 2.55. The molecule has 21 heavy (non-hydrogen) atoms. The van der Waals surface area contributed by atoms with Crippen molar-refractivity contribution >= 4 is 45.6 Å². The first-order valence-corrected chi connectivity index (χ1v) is 7.47. The van der Waals surface area contributed by atoms with Crippen LogP contribution in [0.25, 0.3) is 23.1 Å². The lowest BCUT2D eigenvalue weighted by atomic mass is 10.2. The van der Waals surface area contributed by atoms with Crippen molar-refractivity contribution in [2.45, 2.75) is 0 Å². The average Bonchev–Trinajstić information content (AvgIpc) is 2.51. The van der Waals surface area contributed by atoms with Crippen molar-refractivity contribution in [1.82, 2.24) is 14.5 Å². The van der Waals surface area contributed by atoms with Crippen LogP contribution in [0.15, 0.2) is 47.5 Å². The summed E-state index contributed by atoms with van der Waals surface area (Å²) in [5, 5.41) is 0.642. The Hall–Kier alpha value is -2.02. The average molecular weight is 389 g/mol. The summed E-state index contributed by atoms with van der Waals surface area (Å²) in [5.74, 6) is 0.623. The van der Waals surface area contributed by atoms with E-state index in [1.165, 1.54) is 0 Å². The molecular formula is C16H12IN3O. The Kier molecular flexibility index (Phi) is 3.83. The van der Waals surface area contributed by atoms with Gasteiger partial charge in [-0.1, -0.05) is 6.07 Å². The quantitative estimate of drug-likeness (QED) is 0.633. The molecule has 1 aromatic carbocycles. The summed E-state index contributed by atoms with van der Waals surface area (Å²) in [4.78, 5) is 21.0. The summed E-state index contributed by atoms with van der Waals surface area (Å²) in [6.07, 6.45) is 7.21. The number of hydrogen-bond donors (Lipinski definition) is 0. The molecule has 0 aliphatic heterocycles. The fraction of sp³-hybridized carbons (Fsp3) is 0.0625. The van der Waals surface area contributed by atoms with Crippen LogP contribution in [0.3, 0.4) is 0 Å². The van der Waals surface area contributed by atoms with E-state index in [4.69, 9.17) is 0 Å². The van der Waals surface area contributed by atoms with Crippen LogP contribution >= 0.6 is 22.6 Å². The van der Waals surface area contributed by atoms with Gasteiger partial charge in [-0.05, 0) is 64.6 Å². The third-order valence-electron chi connectivity index (χ3n) is 3.18. The van der Waals surface area contributed by atoms with Gasteiger partial charge in [-0.15, -0.1) is 0 Å². The van der Waals surface area contributed by atoms with Crippen molar-refractivity contribution in [2.75, 3.05) is 0 Å². The van der Waals surface area contributed by atoms with Gasteiger partial charge in [0.2, 0.25) is 0 Å². The lowest BCUT2D eigenvalue weighted by Crippen LogP contribution is -2.20. The summed E-state index contributed by atoms with van der Waals surface area (Å²) < 4.78 is 2.59. The Labute approximate surface area is 135 Å². The van der Waals surface area contributed by atoms with Crippen molar-refractivity contribution < 1.29 is 0 Å². The van der Waals surface area contributed by atoms with Gasteiger partial charge in [0.05, 0.1) is 10.9 Å². The van der Waals surface area contributed by atoms with E-state index < -0.39 is 0 Å². The highest BCUT2D eigenvalue weighted by molar-refractivity contribution is 14.1. The minimum absolute atomic E-state index is 0.0376. The molecule has 0 bridgehead atoms. The van der Waals surface area contributed by atoms with E-state index in [2.05, 4.69) is 32.6 Å². The molecule has 0 unspecified atom stereocenters. The van der Waals surface area contributed by atoms with E-state index in [1.807, 2.05) is 42.5 Å². The van der Waals surface area contributed by atoms with Gasteiger partial charge in [0.25, 0.3) is 5.56 Å². The van der Waals surface area contributed by atoms with Gasteiger partial charge in [-0.3, -0.25) is 14.3 Å². The molecule has 3 rings (SSSR count). The number of benzene rings is 1. The van der Waals surface area contributed by atoms with Crippen molar-refractivity contribution in [3.8, 4) is 0 Å². The zero-order valence-corrected chi connectivity index (χ0v) is 13.5.